The maximum Gasteiger partial charge on any atom is 0.303 e. The normalized spacial score (nSPS) is 24.5. The Labute approximate surface area is 152 Å². The van der Waals surface area contributed by atoms with Gasteiger partial charge in [0, 0.05) is 6.42 Å². The molecule has 0 saturated heterocycles. The second-order valence-corrected chi connectivity index (χ2v) is 8.98. The Kier molecular flexibility index (Phi) is 7.11. The molecule has 1 aliphatic carbocycles. The van der Waals surface area contributed by atoms with Gasteiger partial charge in [0.25, 0.3) is 0 Å². The van der Waals surface area contributed by atoms with E-state index in [9.17, 15) is 22.0 Å². The summed E-state index contributed by atoms with van der Waals surface area (Å²) in [6.07, 6.45) is 1.93. The van der Waals surface area contributed by atoms with Crippen molar-refractivity contribution in [2.45, 2.75) is 61.4 Å². The molecule has 3 N–H and O–H groups in total. The molecule has 1 saturated carbocycles. The van der Waals surface area contributed by atoms with Gasteiger partial charge >= 0.3 is 5.97 Å². The molecular weight excluding hydrogens is 364 g/mol. The van der Waals surface area contributed by atoms with Crippen LogP contribution in [0.2, 0.25) is 0 Å². The lowest BCUT2D eigenvalue weighted by Gasteiger charge is -2.26. The van der Waals surface area contributed by atoms with Crippen LogP contribution in [0.1, 0.15) is 44.9 Å². The molecule has 0 spiro atoms. The Balaban J connectivity index is 2.02. The Morgan fingerprint density at radius 3 is 2.46 bits per heavy atom. The summed E-state index contributed by atoms with van der Waals surface area (Å²) in [5, 5.41) is 7.39. The molecule has 5 nitrogen and oxygen atoms in total. The molecule has 0 heterocycles. The quantitative estimate of drug-likeness (QED) is 0.499. The number of nitrogens with two attached hydrogens (primary N) is 1. The third-order valence-electron chi connectivity index (χ3n) is 5.14. The second-order valence-electron chi connectivity index (χ2n) is 6.88. The zero-order valence-electron chi connectivity index (χ0n) is 14.5. The minimum atomic E-state index is -3.88. The van der Waals surface area contributed by atoms with E-state index >= 15 is 0 Å². The number of hydrogen-bond acceptors (Lipinski definition) is 4. The summed E-state index contributed by atoms with van der Waals surface area (Å²) >= 11 is 0. The number of rotatable bonds is 9. The smallest absolute Gasteiger partial charge is 0.303 e. The lowest BCUT2D eigenvalue weighted by molar-refractivity contribution is -0.137. The van der Waals surface area contributed by atoms with Crippen LogP contribution in [0.5, 0.6) is 0 Å². The molecule has 1 unspecified atom stereocenters. The minimum Gasteiger partial charge on any atom is -0.481 e. The van der Waals surface area contributed by atoms with Crippen molar-refractivity contribution < 1.29 is 27.1 Å². The second kappa shape index (κ2) is 8.90. The van der Waals surface area contributed by atoms with E-state index < -0.39 is 45.0 Å². The first-order valence-corrected chi connectivity index (χ1v) is 10.4. The number of carboxylic acids is 1. The van der Waals surface area contributed by atoms with Gasteiger partial charge in [-0.05, 0) is 61.8 Å². The predicted molar refractivity (Wildman–Crippen MR) is 93.4 cm³/mol. The Morgan fingerprint density at radius 2 is 1.85 bits per heavy atom. The zero-order chi connectivity index (χ0) is 19.3. The number of hydrogen-bond donors (Lipinski definition) is 2. The molecule has 0 aromatic heterocycles. The number of benzene rings is 1. The number of alkyl halides is 1. The molecule has 0 bridgehead atoms. The first kappa shape index (κ1) is 20.8. The van der Waals surface area contributed by atoms with E-state index in [4.69, 9.17) is 10.8 Å². The highest BCUT2D eigenvalue weighted by Gasteiger charge is 2.43. The van der Waals surface area contributed by atoms with E-state index in [2.05, 4.69) is 0 Å². The highest BCUT2D eigenvalue weighted by Crippen LogP contribution is 2.41. The van der Waals surface area contributed by atoms with Gasteiger partial charge in [-0.2, -0.15) is 0 Å². The monoisotopic (exact) mass is 389 g/mol. The van der Waals surface area contributed by atoms with Crippen LogP contribution in [-0.4, -0.2) is 31.0 Å². The lowest BCUT2D eigenvalue weighted by Crippen LogP contribution is -2.40. The summed E-state index contributed by atoms with van der Waals surface area (Å²) in [6, 6.07) is 4.47. The highest BCUT2D eigenvalue weighted by molar-refractivity contribution is 7.92. The molecule has 4 atom stereocenters. The van der Waals surface area contributed by atoms with Crippen molar-refractivity contribution >= 4 is 15.8 Å². The third kappa shape index (κ3) is 5.01. The summed E-state index contributed by atoms with van der Waals surface area (Å²) in [4.78, 5) is 10.5. The van der Waals surface area contributed by atoms with Gasteiger partial charge in [-0.1, -0.05) is 12.8 Å². The molecule has 0 aliphatic heterocycles. The molecule has 1 aliphatic rings. The van der Waals surface area contributed by atoms with Crippen LogP contribution in [0.4, 0.5) is 8.78 Å². The average molecular weight is 389 g/mol. The van der Waals surface area contributed by atoms with Crippen LogP contribution in [-0.2, 0) is 14.6 Å². The topological polar surface area (TPSA) is 97.5 Å². The van der Waals surface area contributed by atoms with Crippen molar-refractivity contribution in [2.75, 3.05) is 0 Å². The average Bonchev–Trinajstić information content (AvgIpc) is 2.94. The van der Waals surface area contributed by atoms with Crippen LogP contribution < -0.4 is 5.73 Å². The standard InChI is InChI=1S/C18H25F2NO4S/c19-12-6-8-13(9-7-12)26(24,25)18(21)15-10-11-16(20)14(15)4-2-1-3-5-17(22)23/h6-9,14-16,18H,1-5,10-11,21H2,(H,22,23)/t14-,15+,16-,18?/m1/s1. The molecule has 1 fully saturated rings. The van der Waals surface area contributed by atoms with E-state index in [1.165, 1.54) is 12.1 Å². The number of unbranched alkanes of at least 4 members (excludes halogenated alkanes) is 2. The van der Waals surface area contributed by atoms with Crippen LogP contribution >= 0.6 is 0 Å². The van der Waals surface area contributed by atoms with Crippen LogP contribution in [0.3, 0.4) is 0 Å². The molecule has 8 heteroatoms. The van der Waals surface area contributed by atoms with Gasteiger partial charge < -0.3 is 10.8 Å². The number of aliphatic carboxylic acids is 1. The first-order valence-electron chi connectivity index (χ1n) is 8.84. The third-order valence-corrected chi connectivity index (χ3v) is 7.14. The van der Waals surface area contributed by atoms with E-state index in [-0.39, 0.29) is 17.7 Å². The summed E-state index contributed by atoms with van der Waals surface area (Å²) < 4.78 is 52.7. The minimum absolute atomic E-state index is 0.0612. The molecular formula is C18H25F2NO4S. The molecule has 1 aromatic carbocycles. The molecule has 26 heavy (non-hydrogen) atoms. The Morgan fingerprint density at radius 1 is 1.19 bits per heavy atom. The Bertz CT molecular complexity index is 708. The van der Waals surface area contributed by atoms with Crippen molar-refractivity contribution in [2.24, 2.45) is 17.6 Å². The fourth-order valence-corrected chi connectivity index (χ4v) is 5.32. The SMILES string of the molecule is NC([C@H]1CC[C@@H](F)[C@@H]1CCCCCC(=O)O)S(=O)(=O)c1ccc(F)cc1. The number of sulfone groups is 1. The molecule has 1 aromatic rings. The van der Waals surface area contributed by atoms with Crippen LogP contribution in [0.15, 0.2) is 29.2 Å². The zero-order valence-corrected chi connectivity index (χ0v) is 15.3. The van der Waals surface area contributed by atoms with Crippen molar-refractivity contribution in [3.63, 3.8) is 0 Å². The van der Waals surface area contributed by atoms with E-state index in [0.717, 1.165) is 12.1 Å². The number of carboxylic acid groups (broad SMARTS) is 1. The molecule has 0 radical (unpaired) electrons. The van der Waals surface area contributed by atoms with E-state index in [1.54, 1.807) is 0 Å². The van der Waals surface area contributed by atoms with E-state index in [0.29, 0.717) is 32.1 Å². The van der Waals surface area contributed by atoms with Gasteiger partial charge in [-0.25, -0.2) is 17.2 Å². The van der Waals surface area contributed by atoms with Gasteiger partial charge in [0.15, 0.2) is 9.84 Å². The van der Waals surface area contributed by atoms with Crippen molar-refractivity contribution in [1.29, 1.82) is 0 Å². The Hall–Kier alpha value is -1.54. The maximum absolute atomic E-state index is 14.3. The van der Waals surface area contributed by atoms with Crippen molar-refractivity contribution in [1.82, 2.24) is 0 Å². The first-order chi connectivity index (χ1) is 12.2. The maximum atomic E-state index is 14.3. The fraction of sp³-hybridized carbons (Fsp3) is 0.611. The molecule has 146 valence electrons. The summed E-state index contributed by atoms with van der Waals surface area (Å²) in [6.45, 7) is 0. The van der Waals surface area contributed by atoms with Gasteiger partial charge in [0.1, 0.15) is 17.4 Å². The van der Waals surface area contributed by atoms with Gasteiger partial charge in [-0.15, -0.1) is 0 Å². The number of carbonyl (C=O) groups is 1. The predicted octanol–water partition coefficient (Wildman–Crippen LogP) is 3.28. The summed E-state index contributed by atoms with van der Waals surface area (Å²) in [5.74, 6) is -2.36. The summed E-state index contributed by atoms with van der Waals surface area (Å²) in [7, 11) is -3.88. The lowest BCUT2D eigenvalue weighted by atomic mass is 9.89. The van der Waals surface area contributed by atoms with E-state index in [1.807, 2.05) is 0 Å². The largest absolute Gasteiger partial charge is 0.481 e. The van der Waals surface area contributed by atoms with Crippen LogP contribution in [0, 0.1) is 17.7 Å². The van der Waals surface area contributed by atoms with Gasteiger partial charge in [0.05, 0.1) is 4.90 Å². The van der Waals surface area contributed by atoms with Gasteiger partial charge in [-0.3, -0.25) is 4.79 Å². The van der Waals surface area contributed by atoms with Gasteiger partial charge in [0.2, 0.25) is 0 Å². The fourth-order valence-electron chi connectivity index (χ4n) is 3.70. The summed E-state index contributed by atoms with van der Waals surface area (Å²) in [5.41, 5.74) is 6.02. The number of halogens is 2. The van der Waals surface area contributed by atoms with Crippen molar-refractivity contribution in [3.05, 3.63) is 30.1 Å². The molecule has 2 rings (SSSR count). The van der Waals surface area contributed by atoms with Crippen LogP contribution in [0.25, 0.3) is 0 Å². The highest BCUT2D eigenvalue weighted by atomic mass is 32.2. The van der Waals surface area contributed by atoms with Crippen molar-refractivity contribution in [3.8, 4) is 0 Å². The molecule has 0 amide bonds.